The fraction of sp³-hybridized carbons (Fsp3) is 0.308. The number of nitrogens with one attached hydrogen (secondary N) is 2. The fourth-order valence-corrected chi connectivity index (χ4v) is 1.92. The number of hydrogen-bond acceptors (Lipinski definition) is 2. The van der Waals surface area contributed by atoms with Crippen molar-refractivity contribution < 1.29 is 8.78 Å². The van der Waals surface area contributed by atoms with E-state index in [1.807, 2.05) is 0 Å². The third kappa shape index (κ3) is 2.56. The van der Waals surface area contributed by atoms with Crippen molar-refractivity contribution in [3.63, 3.8) is 0 Å². The fourth-order valence-electron chi connectivity index (χ4n) is 1.92. The van der Waals surface area contributed by atoms with E-state index in [0.29, 0.717) is 17.5 Å². The van der Waals surface area contributed by atoms with Crippen molar-refractivity contribution in [2.75, 3.05) is 7.05 Å². The molecule has 0 saturated heterocycles. The number of aromatic nitrogens is 2. The van der Waals surface area contributed by atoms with Crippen molar-refractivity contribution in [3.05, 3.63) is 53.1 Å². The molecule has 1 aromatic heterocycles. The predicted octanol–water partition coefficient (Wildman–Crippen LogP) is 2.50. The summed E-state index contributed by atoms with van der Waals surface area (Å²) in [5.41, 5.74) is 0.888. The predicted molar refractivity (Wildman–Crippen MR) is 65.2 cm³/mol. The molecule has 2 rings (SSSR count). The average molecular weight is 251 g/mol. The number of benzene rings is 1. The van der Waals surface area contributed by atoms with Gasteiger partial charge in [-0.25, -0.2) is 13.8 Å². The molecule has 1 aromatic carbocycles. The molecule has 1 heterocycles. The van der Waals surface area contributed by atoms with E-state index < -0.39 is 11.6 Å². The van der Waals surface area contributed by atoms with Gasteiger partial charge in [-0.05, 0) is 25.6 Å². The molecular weight excluding hydrogens is 236 g/mol. The lowest BCUT2D eigenvalue weighted by molar-refractivity contribution is 0.513. The van der Waals surface area contributed by atoms with Crippen LogP contribution in [-0.2, 0) is 6.42 Å². The Morgan fingerprint density at radius 2 is 2.11 bits per heavy atom. The Morgan fingerprint density at radius 1 is 1.33 bits per heavy atom. The van der Waals surface area contributed by atoms with Gasteiger partial charge in [0.25, 0.3) is 0 Å². The molecule has 0 spiro atoms. The van der Waals surface area contributed by atoms with Gasteiger partial charge in [0.2, 0.25) is 0 Å². The van der Waals surface area contributed by atoms with Crippen LogP contribution in [0.1, 0.15) is 23.0 Å². The van der Waals surface area contributed by atoms with Crippen molar-refractivity contribution in [1.82, 2.24) is 15.3 Å². The molecule has 0 radical (unpaired) electrons. The number of likely N-dealkylation sites (N-methyl/N-ethyl adjacent to an activating group) is 1. The zero-order chi connectivity index (χ0) is 13.1. The second kappa shape index (κ2) is 5.27. The minimum Gasteiger partial charge on any atom is -0.349 e. The van der Waals surface area contributed by atoms with Crippen LogP contribution in [0.3, 0.4) is 0 Å². The zero-order valence-corrected chi connectivity index (χ0v) is 10.3. The van der Waals surface area contributed by atoms with Gasteiger partial charge in [-0.3, -0.25) is 0 Å². The number of rotatable bonds is 4. The standard InChI is InChI=1S/C13H15F2N3/c1-8-5-9(11(15)6-10(8)14)12(16-2)7-13-17-3-4-18-13/h3-6,12,16H,7H2,1-2H3,(H,17,18). The summed E-state index contributed by atoms with van der Waals surface area (Å²) in [4.78, 5) is 7.08. The summed E-state index contributed by atoms with van der Waals surface area (Å²) in [6.45, 7) is 1.62. The highest BCUT2D eigenvalue weighted by Crippen LogP contribution is 2.22. The molecule has 2 N–H and O–H groups in total. The van der Waals surface area contributed by atoms with Crippen LogP contribution >= 0.6 is 0 Å². The minimum absolute atomic E-state index is 0.240. The second-order valence-corrected chi connectivity index (χ2v) is 4.20. The first-order valence-corrected chi connectivity index (χ1v) is 5.73. The first kappa shape index (κ1) is 12.7. The van der Waals surface area contributed by atoms with Gasteiger partial charge in [0.1, 0.15) is 17.5 Å². The Kier molecular flexibility index (Phi) is 3.72. The highest BCUT2D eigenvalue weighted by atomic mass is 19.1. The lowest BCUT2D eigenvalue weighted by atomic mass is 10.0. The van der Waals surface area contributed by atoms with Crippen molar-refractivity contribution in [1.29, 1.82) is 0 Å². The third-order valence-corrected chi connectivity index (χ3v) is 2.95. The van der Waals surface area contributed by atoms with E-state index in [0.717, 1.165) is 11.9 Å². The molecule has 1 unspecified atom stereocenters. The van der Waals surface area contributed by atoms with Gasteiger partial charge in [-0.1, -0.05) is 0 Å². The molecular formula is C13H15F2N3. The molecule has 2 aromatic rings. The SMILES string of the molecule is CNC(Cc1ncc[nH]1)c1cc(C)c(F)cc1F. The van der Waals surface area contributed by atoms with Crippen LogP contribution in [-0.4, -0.2) is 17.0 Å². The normalized spacial score (nSPS) is 12.7. The molecule has 0 aliphatic rings. The summed E-state index contributed by atoms with van der Waals surface area (Å²) in [5, 5.41) is 3.02. The molecule has 0 bridgehead atoms. The number of hydrogen-bond donors (Lipinski definition) is 2. The Labute approximate surface area is 104 Å². The molecule has 18 heavy (non-hydrogen) atoms. The van der Waals surface area contributed by atoms with Gasteiger partial charge < -0.3 is 10.3 Å². The molecule has 3 nitrogen and oxygen atoms in total. The monoisotopic (exact) mass is 251 g/mol. The zero-order valence-electron chi connectivity index (χ0n) is 10.3. The van der Waals surface area contributed by atoms with Crippen LogP contribution in [0.15, 0.2) is 24.5 Å². The Bertz CT molecular complexity index is 523. The largest absolute Gasteiger partial charge is 0.349 e. The first-order valence-electron chi connectivity index (χ1n) is 5.73. The molecule has 96 valence electrons. The molecule has 5 heteroatoms. The van der Waals surface area contributed by atoms with Crippen LogP contribution in [0.2, 0.25) is 0 Å². The number of aryl methyl sites for hydroxylation is 1. The number of aromatic amines is 1. The van der Waals surface area contributed by atoms with Crippen molar-refractivity contribution in [2.24, 2.45) is 0 Å². The van der Waals surface area contributed by atoms with E-state index in [-0.39, 0.29) is 6.04 Å². The molecule has 0 amide bonds. The lowest BCUT2D eigenvalue weighted by Crippen LogP contribution is -2.21. The van der Waals surface area contributed by atoms with E-state index in [1.165, 1.54) is 6.07 Å². The van der Waals surface area contributed by atoms with Gasteiger partial charge in [-0.2, -0.15) is 0 Å². The summed E-state index contributed by atoms with van der Waals surface area (Å²) < 4.78 is 27.0. The summed E-state index contributed by atoms with van der Waals surface area (Å²) in [6, 6.07) is 2.22. The van der Waals surface area contributed by atoms with E-state index in [1.54, 1.807) is 26.4 Å². The maximum atomic E-state index is 13.8. The van der Waals surface area contributed by atoms with Crippen LogP contribution in [0, 0.1) is 18.6 Å². The van der Waals surface area contributed by atoms with E-state index >= 15 is 0 Å². The summed E-state index contributed by atoms with van der Waals surface area (Å²) >= 11 is 0. The molecule has 0 aliphatic carbocycles. The van der Waals surface area contributed by atoms with Gasteiger partial charge >= 0.3 is 0 Å². The van der Waals surface area contributed by atoms with Crippen molar-refractivity contribution in [3.8, 4) is 0 Å². The Balaban J connectivity index is 2.30. The molecule has 0 aliphatic heterocycles. The Morgan fingerprint density at radius 3 is 2.72 bits per heavy atom. The average Bonchev–Trinajstić information content (AvgIpc) is 2.84. The topological polar surface area (TPSA) is 40.7 Å². The minimum atomic E-state index is -0.538. The maximum absolute atomic E-state index is 13.8. The highest BCUT2D eigenvalue weighted by molar-refractivity contribution is 5.28. The smallest absolute Gasteiger partial charge is 0.130 e. The van der Waals surface area contributed by atoms with Gasteiger partial charge in [-0.15, -0.1) is 0 Å². The van der Waals surface area contributed by atoms with E-state index in [9.17, 15) is 8.78 Å². The van der Waals surface area contributed by atoms with Crippen LogP contribution in [0.4, 0.5) is 8.78 Å². The van der Waals surface area contributed by atoms with Gasteiger partial charge in [0.15, 0.2) is 0 Å². The first-order chi connectivity index (χ1) is 8.61. The van der Waals surface area contributed by atoms with E-state index in [4.69, 9.17) is 0 Å². The summed E-state index contributed by atoms with van der Waals surface area (Å²) in [6.07, 6.45) is 3.88. The third-order valence-electron chi connectivity index (χ3n) is 2.95. The highest BCUT2D eigenvalue weighted by Gasteiger charge is 2.17. The van der Waals surface area contributed by atoms with E-state index in [2.05, 4.69) is 15.3 Å². The quantitative estimate of drug-likeness (QED) is 0.876. The number of halogens is 2. The lowest BCUT2D eigenvalue weighted by Gasteiger charge is -2.17. The van der Waals surface area contributed by atoms with Gasteiger partial charge in [0, 0.05) is 36.5 Å². The number of imidazole rings is 1. The van der Waals surface area contributed by atoms with Gasteiger partial charge in [0.05, 0.1) is 0 Å². The maximum Gasteiger partial charge on any atom is 0.130 e. The molecule has 1 atom stereocenters. The second-order valence-electron chi connectivity index (χ2n) is 4.20. The molecule has 0 fully saturated rings. The molecule has 0 saturated carbocycles. The number of nitrogens with zero attached hydrogens (tertiary/aromatic N) is 1. The van der Waals surface area contributed by atoms with Crippen LogP contribution in [0.25, 0.3) is 0 Å². The summed E-state index contributed by atoms with van der Waals surface area (Å²) in [7, 11) is 1.74. The number of H-pyrrole nitrogens is 1. The van der Waals surface area contributed by atoms with Crippen molar-refractivity contribution in [2.45, 2.75) is 19.4 Å². The summed E-state index contributed by atoms with van der Waals surface area (Å²) in [5.74, 6) is -0.302. The van der Waals surface area contributed by atoms with Crippen molar-refractivity contribution >= 4 is 0 Å². The van der Waals surface area contributed by atoms with Crippen LogP contribution in [0.5, 0.6) is 0 Å². The van der Waals surface area contributed by atoms with Crippen LogP contribution < -0.4 is 5.32 Å². The Hall–Kier alpha value is -1.75.